The topological polar surface area (TPSA) is 40.0 Å². The molecule has 2 unspecified atom stereocenters. The van der Waals surface area contributed by atoms with Crippen LogP contribution in [0.2, 0.25) is 0 Å². The Morgan fingerprint density at radius 1 is 1.44 bits per heavy atom. The Bertz CT molecular complexity index is 658. The largest absolute Gasteiger partial charge is 0.350 e. The number of halogens is 2. The van der Waals surface area contributed by atoms with Gasteiger partial charge in [-0.2, -0.15) is 5.10 Å². The van der Waals surface area contributed by atoms with Crippen LogP contribution in [0.4, 0.5) is 8.78 Å². The molecule has 0 saturated carbocycles. The highest BCUT2D eigenvalue weighted by Gasteiger charge is 2.27. The van der Waals surface area contributed by atoms with Crippen molar-refractivity contribution in [1.82, 2.24) is 10.3 Å². The SMILES string of the molecule is C=C(C)C1CCCN1C(/N=C\C)=C(C)\C=N/NC1=C(F)CC(F)C=C1. The highest BCUT2D eigenvalue weighted by Crippen LogP contribution is 2.28. The van der Waals surface area contributed by atoms with Gasteiger partial charge in [0.25, 0.3) is 0 Å². The molecule has 1 saturated heterocycles. The highest BCUT2D eigenvalue weighted by atomic mass is 19.1. The third-order valence-corrected chi connectivity index (χ3v) is 4.28. The van der Waals surface area contributed by atoms with Crippen LogP contribution in [0.5, 0.6) is 0 Å². The summed E-state index contributed by atoms with van der Waals surface area (Å²) in [6, 6.07) is 0.276. The van der Waals surface area contributed by atoms with Crippen LogP contribution in [-0.2, 0) is 0 Å². The first-order valence-corrected chi connectivity index (χ1v) is 8.55. The molecule has 4 nitrogen and oxygen atoms in total. The molecule has 0 spiro atoms. The van der Waals surface area contributed by atoms with E-state index in [0.29, 0.717) is 0 Å². The zero-order valence-corrected chi connectivity index (χ0v) is 15.1. The molecule has 0 aromatic rings. The minimum atomic E-state index is -1.27. The van der Waals surface area contributed by atoms with Crippen molar-refractivity contribution < 1.29 is 8.78 Å². The van der Waals surface area contributed by atoms with Crippen LogP contribution < -0.4 is 5.43 Å². The van der Waals surface area contributed by atoms with Crippen LogP contribution in [0.25, 0.3) is 0 Å². The van der Waals surface area contributed by atoms with Gasteiger partial charge in [0.05, 0.1) is 18.0 Å². The first kappa shape index (κ1) is 19.1. The van der Waals surface area contributed by atoms with Gasteiger partial charge < -0.3 is 4.90 Å². The quantitative estimate of drug-likeness (QED) is 0.439. The molecule has 2 aliphatic rings. The molecule has 1 fully saturated rings. The predicted molar refractivity (Wildman–Crippen MR) is 99.8 cm³/mol. The van der Waals surface area contributed by atoms with Crippen molar-refractivity contribution in [2.45, 2.75) is 52.2 Å². The zero-order valence-electron chi connectivity index (χ0n) is 15.1. The number of rotatable bonds is 6. The van der Waals surface area contributed by atoms with Crippen LogP contribution in [0.15, 0.2) is 57.3 Å². The molecule has 1 aliphatic heterocycles. The first-order valence-electron chi connectivity index (χ1n) is 8.55. The fraction of sp³-hybridized carbons (Fsp3) is 0.474. The fourth-order valence-corrected chi connectivity index (χ4v) is 3.05. The summed E-state index contributed by atoms with van der Waals surface area (Å²) >= 11 is 0. The average molecular weight is 348 g/mol. The maximum absolute atomic E-state index is 13.7. The summed E-state index contributed by atoms with van der Waals surface area (Å²) in [5, 5.41) is 4.09. The second-order valence-corrected chi connectivity index (χ2v) is 6.36. The molecular weight excluding hydrogens is 322 g/mol. The van der Waals surface area contributed by atoms with E-state index in [2.05, 4.69) is 27.0 Å². The number of hydrogen-bond donors (Lipinski definition) is 1. The third-order valence-electron chi connectivity index (χ3n) is 4.28. The molecule has 1 aliphatic carbocycles. The van der Waals surface area contributed by atoms with E-state index >= 15 is 0 Å². The van der Waals surface area contributed by atoms with Gasteiger partial charge in [0.2, 0.25) is 0 Å². The van der Waals surface area contributed by atoms with Gasteiger partial charge in [-0.25, -0.2) is 13.8 Å². The van der Waals surface area contributed by atoms with Gasteiger partial charge in [0.1, 0.15) is 17.8 Å². The molecule has 1 N–H and O–H groups in total. The number of allylic oxidation sites excluding steroid dienone is 4. The summed E-state index contributed by atoms with van der Waals surface area (Å²) in [4.78, 5) is 6.73. The maximum Gasteiger partial charge on any atom is 0.133 e. The van der Waals surface area contributed by atoms with Crippen molar-refractivity contribution in [2.75, 3.05) is 6.54 Å². The number of likely N-dealkylation sites (tertiary alicyclic amines) is 1. The molecule has 136 valence electrons. The van der Waals surface area contributed by atoms with Gasteiger partial charge >= 0.3 is 0 Å². The van der Waals surface area contributed by atoms with Crippen molar-refractivity contribution in [3.8, 4) is 0 Å². The van der Waals surface area contributed by atoms with E-state index in [1.54, 1.807) is 12.4 Å². The van der Waals surface area contributed by atoms with Crippen LogP contribution in [-0.4, -0.2) is 36.1 Å². The van der Waals surface area contributed by atoms with Gasteiger partial charge in [-0.3, -0.25) is 5.43 Å². The Morgan fingerprint density at radius 3 is 2.84 bits per heavy atom. The molecule has 0 bridgehead atoms. The molecule has 0 aromatic heterocycles. The zero-order chi connectivity index (χ0) is 18.4. The van der Waals surface area contributed by atoms with Crippen molar-refractivity contribution in [2.24, 2.45) is 10.1 Å². The first-order chi connectivity index (χ1) is 11.9. The molecule has 0 radical (unpaired) electrons. The molecule has 0 aromatic carbocycles. The summed E-state index contributed by atoms with van der Waals surface area (Å²) in [6.45, 7) is 10.8. The molecule has 2 atom stereocenters. The van der Waals surface area contributed by atoms with E-state index in [4.69, 9.17) is 0 Å². The van der Waals surface area contributed by atoms with Crippen LogP contribution in [0, 0.1) is 0 Å². The number of alkyl halides is 1. The normalized spacial score (nSPS) is 25.2. The number of nitrogens with zero attached hydrogens (tertiary/aromatic N) is 3. The van der Waals surface area contributed by atoms with E-state index in [1.807, 2.05) is 20.8 Å². The van der Waals surface area contributed by atoms with E-state index in [9.17, 15) is 8.78 Å². The number of hydrogen-bond acceptors (Lipinski definition) is 4. The van der Waals surface area contributed by atoms with Gasteiger partial charge in [-0.05, 0) is 45.8 Å². The minimum absolute atomic E-state index is 0.194. The molecule has 25 heavy (non-hydrogen) atoms. The number of nitrogens with one attached hydrogen (secondary N) is 1. The van der Waals surface area contributed by atoms with Crippen LogP contribution in [0.3, 0.4) is 0 Å². The van der Waals surface area contributed by atoms with Gasteiger partial charge in [0, 0.05) is 24.8 Å². The highest BCUT2D eigenvalue weighted by molar-refractivity contribution is 5.79. The Labute approximate surface area is 148 Å². The van der Waals surface area contributed by atoms with Crippen molar-refractivity contribution in [1.29, 1.82) is 0 Å². The summed E-state index contributed by atoms with van der Waals surface area (Å²) < 4.78 is 26.7. The lowest BCUT2D eigenvalue weighted by Gasteiger charge is -2.28. The Kier molecular flexibility index (Phi) is 6.67. The van der Waals surface area contributed by atoms with Crippen molar-refractivity contribution >= 4 is 12.4 Å². The standard InChI is InChI=1S/C19H26F2N4/c1-5-22-19(25-10-6-7-18(25)13(2)3)14(4)12-23-24-17-9-8-15(20)11-16(17)21/h5,8-9,12,15,18,24H,2,6-7,10-11H2,1,3-4H3/b19-14-,22-5-,23-12-. The number of aliphatic imine (C=N–C) groups is 1. The molecule has 1 heterocycles. The van der Waals surface area contributed by atoms with Crippen LogP contribution in [0.1, 0.15) is 40.0 Å². The van der Waals surface area contributed by atoms with Crippen LogP contribution >= 0.6 is 0 Å². The average Bonchev–Trinajstić information content (AvgIpc) is 3.04. The summed E-state index contributed by atoms with van der Waals surface area (Å²) in [5.41, 5.74) is 4.82. The lowest BCUT2D eigenvalue weighted by Crippen LogP contribution is -2.29. The second-order valence-electron chi connectivity index (χ2n) is 6.36. The smallest absolute Gasteiger partial charge is 0.133 e. The summed E-state index contributed by atoms with van der Waals surface area (Å²) in [6.07, 6.45) is 6.71. The van der Waals surface area contributed by atoms with E-state index in [1.165, 1.54) is 12.2 Å². The Hall–Kier alpha value is -2.24. The Morgan fingerprint density at radius 2 is 2.20 bits per heavy atom. The van der Waals surface area contributed by atoms with E-state index in [0.717, 1.165) is 36.4 Å². The Balaban J connectivity index is 2.15. The third kappa shape index (κ3) is 4.87. The maximum atomic E-state index is 13.7. The van der Waals surface area contributed by atoms with Gasteiger partial charge in [-0.15, -0.1) is 0 Å². The second kappa shape index (κ2) is 8.74. The molecule has 6 heteroatoms. The van der Waals surface area contributed by atoms with Crippen molar-refractivity contribution in [3.05, 3.63) is 47.2 Å². The van der Waals surface area contributed by atoms with Gasteiger partial charge in [-0.1, -0.05) is 12.2 Å². The van der Waals surface area contributed by atoms with Crippen molar-refractivity contribution in [3.63, 3.8) is 0 Å². The summed E-state index contributed by atoms with van der Waals surface area (Å²) in [7, 11) is 0. The monoisotopic (exact) mass is 348 g/mol. The lowest BCUT2D eigenvalue weighted by atomic mass is 10.1. The lowest BCUT2D eigenvalue weighted by molar-refractivity contribution is 0.350. The fourth-order valence-electron chi connectivity index (χ4n) is 3.05. The molecular formula is C19H26F2N4. The van der Waals surface area contributed by atoms with Gasteiger partial charge in [0.15, 0.2) is 0 Å². The minimum Gasteiger partial charge on any atom is -0.350 e. The molecule has 2 rings (SSSR count). The molecule has 0 amide bonds. The van der Waals surface area contributed by atoms with E-state index < -0.39 is 12.0 Å². The predicted octanol–water partition coefficient (Wildman–Crippen LogP) is 4.40. The number of hydrazone groups is 1. The summed E-state index contributed by atoms with van der Waals surface area (Å²) in [5.74, 6) is 0.318. The van der Waals surface area contributed by atoms with E-state index in [-0.39, 0.29) is 18.2 Å².